The molecule has 0 spiro atoms. The van der Waals surface area contributed by atoms with Gasteiger partial charge in [0.05, 0.1) is 5.69 Å². The molecule has 0 unspecified atom stereocenters. The lowest BCUT2D eigenvalue weighted by molar-refractivity contribution is 1.40. The van der Waals surface area contributed by atoms with Crippen LogP contribution in [-0.2, 0) is 0 Å². The number of hydrogen-bond donors (Lipinski definition) is 0. The third kappa shape index (κ3) is 2.01. The second-order valence-corrected chi connectivity index (χ2v) is 4.52. The first-order valence-corrected chi connectivity index (χ1v) is 6.05. The predicted octanol–water partition coefficient (Wildman–Crippen LogP) is 4.54. The number of nitrogens with zero attached hydrogens (tertiary/aromatic N) is 1. The summed E-state index contributed by atoms with van der Waals surface area (Å²) in [6, 6.07) is 6.53. The summed E-state index contributed by atoms with van der Waals surface area (Å²) in [5, 5.41) is 0. The highest BCUT2D eigenvalue weighted by atomic mass is 14.7. The van der Waals surface area contributed by atoms with Crippen LogP contribution in [0.15, 0.2) is 47.5 Å². The molecule has 2 aliphatic rings. The maximum Gasteiger partial charge on any atom is 0.0707 e. The molecule has 1 heterocycles. The molecule has 0 bridgehead atoms. The molecule has 1 heteroatoms. The largest absolute Gasteiger partial charge is 0.257 e. The van der Waals surface area contributed by atoms with Gasteiger partial charge in [0.1, 0.15) is 0 Å². The molecule has 1 aromatic carbocycles. The van der Waals surface area contributed by atoms with Crippen LogP contribution < -0.4 is 0 Å². The van der Waals surface area contributed by atoms with Crippen LogP contribution in [0.5, 0.6) is 0 Å². The number of fused-ring (bicyclic) bond motifs is 1. The van der Waals surface area contributed by atoms with Crippen LogP contribution in [0.3, 0.4) is 0 Å². The summed E-state index contributed by atoms with van der Waals surface area (Å²) in [4.78, 5) is 4.67. The van der Waals surface area contributed by atoms with E-state index in [1.807, 2.05) is 0 Å². The van der Waals surface area contributed by atoms with Crippen molar-refractivity contribution in [2.24, 2.45) is 4.99 Å². The van der Waals surface area contributed by atoms with Crippen LogP contribution in [0, 0.1) is 0 Å². The fourth-order valence-corrected chi connectivity index (χ4v) is 2.24. The van der Waals surface area contributed by atoms with Crippen LogP contribution in [0.1, 0.15) is 30.9 Å². The molecule has 0 aromatic heterocycles. The van der Waals surface area contributed by atoms with E-state index in [1.165, 1.54) is 22.4 Å². The van der Waals surface area contributed by atoms with Gasteiger partial charge in [0, 0.05) is 12.1 Å². The van der Waals surface area contributed by atoms with Crippen LogP contribution >= 0.6 is 0 Å². The maximum absolute atomic E-state index is 4.67. The average Bonchev–Trinajstić information content (AvgIpc) is 2.78. The molecule has 1 nitrogen and oxygen atoms in total. The fourth-order valence-electron chi connectivity index (χ4n) is 2.24. The van der Waals surface area contributed by atoms with Gasteiger partial charge in [-0.3, -0.25) is 4.99 Å². The third-order valence-corrected chi connectivity index (χ3v) is 3.16. The third-order valence-electron chi connectivity index (χ3n) is 3.16. The monoisotopic (exact) mass is 221 g/mol. The number of rotatable bonds is 1. The van der Waals surface area contributed by atoms with Gasteiger partial charge in [0.15, 0.2) is 0 Å². The Morgan fingerprint density at radius 2 is 2.06 bits per heavy atom. The van der Waals surface area contributed by atoms with E-state index >= 15 is 0 Å². The van der Waals surface area contributed by atoms with E-state index in [1.54, 1.807) is 0 Å². The molecule has 3 rings (SSSR count). The maximum atomic E-state index is 4.67. The Bertz CT molecular complexity index is 571. The van der Waals surface area contributed by atoms with Gasteiger partial charge in [-0.25, -0.2) is 0 Å². The molecule has 1 aliphatic carbocycles. The number of benzene rings is 1. The van der Waals surface area contributed by atoms with Crippen molar-refractivity contribution >= 4 is 23.0 Å². The highest BCUT2D eigenvalue weighted by Crippen LogP contribution is 2.30. The summed E-state index contributed by atoms with van der Waals surface area (Å²) in [7, 11) is 0. The van der Waals surface area contributed by atoms with Gasteiger partial charge in [-0.15, -0.1) is 0 Å². The summed E-state index contributed by atoms with van der Waals surface area (Å²) in [6.45, 7) is 2.08. The van der Waals surface area contributed by atoms with Crippen LogP contribution in [0.2, 0.25) is 0 Å². The Morgan fingerprint density at radius 3 is 2.88 bits per heavy atom. The van der Waals surface area contributed by atoms with Gasteiger partial charge in [-0.05, 0) is 36.1 Å². The zero-order valence-electron chi connectivity index (χ0n) is 9.98. The molecule has 0 saturated carbocycles. The van der Waals surface area contributed by atoms with Gasteiger partial charge in [-0.1, -0.05) is 42.5 Å². The van der Waals surface area contributed by atoms with E-state index in [2.05, 4.69) is 60.5 Å². The molecule has 0 amide bonds. The molecule has 17 heavy (non-hydrogen) atoms. The Labute approximate surface area is 102 Å². The summed E-state index contributed by atoms with van der Waals surface area (Å²) in [6.07, 6.45) is 13.0. The lowest BCUT2D eigenvalue weighted by atomic mass is 10.0. The molecule has 84 valence electrons. The van der Waals surface area contributed by atoms with Crippen LogP contribution in [0.25, 0.3) is 11.6 Å². The lowest BCUT2D eigenvalue weighted by Crippen LogP contribution is -1.86. The lowest BCUT2D eigenvalue weighted by Gasteiger charge is -2.05. The molecular formula is C16H15N. The minimum Gasteiger partial charge on any atom is -0.257 e. The predicted molar refractivity (Wildman–Crippen MR) is 74.6 cm³/mol. The number of allylic oxidation sites excluding steroid dienone is 5. The molecule has 0 radical (unpaired) electrons. The molecule has 0 saturated heterocycles. The zero-order valence-corrected chi connectivity index (χ0v) is 9.98. The smallest absolute Gasteiger partial charge is 0.0707 e. The SMILES string of the molecule is CC1=Nc2cc(C3=CCC=C3)ccc2C=CC1. The van der Waals surface area contributed by atoms with Crippen molar-refractivity contribution in [3.05, 3.63) is 53.6 Å². The average molecular weight is 221 g/mol. The quantitative estimate of drug-likeness (QED) is 0.660. The van der Waals surface area contributed by atoms with Crippen molar-refractivity contribution in [1.29, 1.82) is 0 Å². The Hall–Kier alpha value is -1.89. The topological polar surface area (TPSA) is 12.4 Å². The second kappa shape index (κ2) is 4.17. The number of hydrogen-bond acceptors (Lipinski definition) is 1. The minimum atomic E-state index is 0.951. The van der Waals surface area contributed by atoms with Crippen LogP contribution in [-0.4, -0.2) is 5.71 Å². The standard InChI is InChI=1S/C16H15N/c1-12-5-4-8-14-9-10-15(11-16(14)17-12)13-6-2-3-7-13/h2,4,6-11H,3,5H2,1H3. The van der Waals surface area contributed by atoms with Crippen molar-refractivity contribution in [2.45, 2.75) is 19.8 Å². The van der Waals surface area contributed by atoms with E-state index in [0.29, 0.717) is 0 Å². The van der Waals surface area contributed by atoms with E-state index in [-0.39, 0.29) is 0 Å². The molecule has 0 atom stereocenters. The second-order valence-electron chi connectivity index (χ2n) is 4.52. The van der Waals surface area contributed by atoms with Gasteiger partial charge < -0.3 is 0 Å². The van der Waals surface area contributed by atoms with Crippen LogP contribution in [0.4, 0.5) is 5.69 Å². The van der Waals surface area contributed by atoms with E-state index < -0.39 is 0 Å². The van der Waals surface area contributed by atoms with E-state index in [4.69, 9.17) is 0 Å². The molecular weight excluding hydrogens is 206 g/mol. The summed E-state index contributed by atoms with van der Waals surface area (Å²) in [5.74, 6) is 0. The van der Waals surface area contributed by atoms with Crippen molar-refractivity contribution in [2.75, 3.05) is 0 Å². The highest BCUT2D eigenvalue weighted by molar-refractivity contribution is 5.90. The Balaban J connectivity index is 2.09. The highest BCUT2D eigenvalue weighted by Gasteiger charge is 2.07. The molecule has 1 aliphatic heterocycles. The molecule has 1 aromatic rings. The fraction of sp³-hybridized carbons (Fsp3) is 0.188. The van der Waals surface area contributed by atoms with Gasteiger partial charge in [-0.2, -0.15) is 0 Å². The van der Waals surface area contributed by atoms with Gasteiger partial charge in [0.25, 0.3) is 0 Å². The Morgan fingerprint density at radius 1 is 1.12 bits per heavy atom. The Kier molecular flexibility index (Phi) is 2.52. The first-order chi connectivity index (χ1) is 8.33. The molecule has 0 N–H and O–H groups in total. The van der Waals surface area contributed by atoms with Crippen molar-refractivity contribution in [3.63, 3.8) is 0 Å². The van der Waals surface area contributed by atoms with Crippen molar-refractivity contribution < 1.29 is 0 Å². The first kappa shape index (κ1) is 10.3. The summed E-state index contributed by atoms with van der Waals surface area (Å²) in [5.41, 5.74) is 6.06. The van der Waals surface area contributed by atoms with E-state index in [9.17, 15) is 0 Å². The first-order valence-electron chi connectivity index (χ1n) is 6.05. The van der Waals surface area contributed by atoms with Crippen molar-refractivity contribution in [1.82, 2.24) is 0 Å². The summed E-state index contributed by atoms with van der Waals surface area (Å²) < 4.78 is 0. The van der Waals surface area contributed by atoms with Crippen molar-refractivity contribution in [3.8, 4) is 0 Å². The van der Waals surface area contributed by atoms with E-state index in [0.717, 1.165) is 18.5 Å². The normalized spacial score (nSPS) is 17.5. The zero-order chi connectivity index (χ0) is 11.7. The molecule has 0 fully saturated rings. The van der Waals surface area contributed by atoms with Gasteiger partial charge in [0.2, 0.25) is 0 Å². The number of aliphatic imine (C=N–C) groups is 1. The van der Waals surface area contributed by atoms with Gasteiger partial charge >= 0.3 is 0 Å². The minimum absolute atomic E-state index is 0.951. The summed E-state index contributed by atoms with van der Waals surface area (Å²) >= 11 is 0.